The van der Waals surface area contributed by atoms with Gasteiger partial charge in [0.1, 0.15) is 0 Å². The molecule has 0 saturated carbocycles. The number of nitrogens with one attached hydrogen (secondary N) is 2. The van der Waals surface area contributed by atoms with Crippen LogP contribution in [0.1, 0.15) is 0 Å². The molecule has 0 aliphatic heterocycles. The number of nitrogens with zero attached hydrogens (tertiary/aromatic N) is 2. The van der Waals surface area contributed by atoms with Crippen molar-refractivity contribution in [2.45, 2.75) is 9.79 Å². The molecule has 0 unspecified atom stereocenters. The summed E-state index contributed by atoms with van der Waals surface area (Å²) in [6.45, 7) is 0. The molecular formula is C18H17IN4O6S2. The molecule has 1 aromatic heterocycles. The molecule has 10 nitrogen and oxygen atoms in total. The average molecular weight is 576 g/mol. The van der Waals surface area contributed by atoms with Gasteiger partial charge in [0, 0.05) is 15.3 Å². The second-order valence-electron chi connectivity index (χ2n) is 5.97. The quantitative estimate of drug-likeness (QED) is 0.391. The van der Waals surface area contributed by atoms with Crippen molar-refractivity contribution in [3.63, 3.8) is 0 Å². The zero-order valence-electron chi connectivity index (χ0n) is 16.2. The van der Waals surface area contributed by atoms with E-state index in [9.17, 15) is 16.8 Å². The van der Waals surface area contributed by atoms with Crippen LogP contribution in [0.4, 0.5) is 11.5 Å². The van der Waals surface area contributed by atoms with Gasteiger partial charge in [0.25, 0.3) is 20.0 Å². The number of halogens is 1. The molecule has 164 valence electrons. The Bertz CT molecular complexity index is 1260. The number of hydrogen-bond donors (Lipinski definition) is 2. The van der Waals surface area contributed by atoms with E-state index in [-0.39, 0.29) is 33.2 Å². The fourth-order valence-electron chi connectivity index (χ4n) is 2.38. The first-order chi connectivity index (χ1) is 14.6. The van der Waals surface area contributed by atoms with E-state index < -0.39 is 20.0 Å². The molecule has 0 amide bonds. The van der Waals surface area contributed by atoms with E-state index in [2.05, 4.69) is 42.0 Å². The van der Waals surface area contributed by atoms with Gasteiger partial charge in [-0.3, -0.25) is 9.44 Å². The molecule has 0 aliphatic rings. The summed E-state index contributed by atoms with van der Waals surface area (Å²) >= 11 is 2.07. The van der Waals surface area contributed by atoms with Crippen LogP contribution in [0.5, 0.6) is 11.9 Å². The molecule has 0 spiro atoms. The van der Waals surface area contributed by atoms with Gasteiger partial charge in [0.05, 0.1) is 24.0 Å². The van der Waals surface area contributed by atoms with Gasteiger partial charge in [-0.15, -0.1) is 0 Å². The van der Waals surface area contributed by atoms with Crippen LogP contribution in [0.15, 0.2) is 64.4 Å². The fraction of sp³-hybridized carbons (Fsp3) is 0.111. The summed E-state index contributed by atoms with van der Waals surface area (Å²) in [5, 5.41) is 0. The third-order valence-corrected chi connectivity index (χ3v) is 7.34. The molecule has 0 aliphatic carbocycles. The van der Waals surface area contributed by atoms with Crippen LogP contribution in [0.2, 0.25) is 0 Å². The third kappa shape index (κ3) is 5.74. The number of sulfonamides is 2. The minimum absolute atomic E-state index is 0.0489. The summed E-state index contributed by atoms with van der Waals surface area (Å²) in [5.74, 6) is 0.0668. The van der Waals surface area contributed by atoms with E-state index in [4.69, 9.17) is 9.47 Å². The molecule has 13 heteroatoms. The van der Waals surface area contributed by atoms with Crippen LogP contribution in [-0.4, -0.2) is 41.0 Å². The predicted octanol–water partition coefficient (Wildman–Crippen LogP) is 2.70. The Hall–Kier alpha value is -2.65. The largest absolute Gasteiger partial charge is 0.481 e. The van der Waals surface area contributed by atoms with Crippen molar-refractivity contribution in [1.82, 2.24) is 9.97 Å². The molecule has 2 N–H and O–H groups in total. The number of hydrogen-bond acceptors (Lipinski definition) is 8. The molecule has 1 heterocycles. The molecule has 3 aromatic rings. The summed E-state index contributed by atoms with van der Waals surface area (Å²) in [5.41, 5.74) is 0.211. The molecule has 0 atom stereocenters. The van der Waals surface area contributed by atoms with Crippen LogP contribution >= 0.6 is 22.6 Å². The van der Waals surface area contributed by atoms with E-state index in [1.807, 2.05) is 0 Å². The molecular weight excluding hydrogens is 559 g/mol. The van der Waals surface area contributed by atoms with Gasteiger partial charge < -0.3 is 9.47 Å². The standard InChI is InChI=1S/C18H17IN4O6S2/c1-28-17-11-16(20-18(21-17)29-2)23-31(26,27)15-9-5-13(6-10-15)22-30(24,25)14-7-3-12(19)4-8-14/h3-11,22H,1-2H3,(H,20,21,23). The highest BCUT2D eigenvalue weighted by Gasteiger charge is 2.18. The second kappa shape index (κ2) is 9.23. The fourth-order valence-corrected chi connectivity index (χ4v) is 4.79. The van der Waals surface area contributed by atoms with E-state index in [1.54, 1.807) is 12.1 Å². The Morgan fingerprint density at radius 2 is 1.32 bits per heavy atom. The lowest BCUT2D eigenvalue weighted by Crippen LogP contribution is -2.15. The average Bonchev–Trinajstić information content (AvgIpc) is 2.73. The van der Waals surface area contributed by atoms with Gasteiger partial charge in [0.2, 0.25) is 5.88 Å². The number of anilines is 2. The first-order valence-corrected chi connectivity index (χ1v) is 12.6. The van der Waals surface area contributed by atoms with Crippen LogP contribution in [0.25, 0.3) is 0 Å². The lowest BCUT2D eigenvalue weighted by atomic mass is 10.3. The van der Waals surface area contributed by atoms with E-state index in [1.165, 1.54) is 56.7 Å². The number of methoxy groups -OCH3 is 2. The lowest BCUT2D eigenvalue weighted by molar-refractivity contribution is 0.353. The minimum atomic E-state index is -4.01. The Morgan fingerprint density at radius 3 is 1.87 bits per heavy atom. The van der Waals surface area contributed by atoms with Gasteiger partial charge in [-0.1, -0.05) is 0 Å². The predicted molar refractivity (Wildman–Crippen MR) is 122 cm³/mol. The second-order valence-corrected chi connectivity index (χ2v) is 10.6. The maximum Gasteiger partial charge on any atom is 0.321 e. The first-order valence-electron chi connectivity index (χ1n) is 8.51. The van der Waals surface area contributed by atoms with Crippen molar-refractivity contribution < 1.29 is 26.3 Å². The maximum atomic E-state index is 12.7. The summed E-state index contributed by atoms with van der Waals surface area (Å²) < 4.78 is 65.8. The van der Waals surface area contributed by atoms with Crippen molar-refractivity contribution in [2.75, 3.05) is 23.7 Å². The Balaban J connectivity index is 1.79. The number of ether oxygens (including phenoxy) is 2. The normalized spacial score (nSPS) is 11.6. The Kier molecular flexibility index (Phi) is 6.86. The molecule has 0 bridgehead atoms. The van der Waals surface area contributed by atoms with Crippen molar-refractivity contribution in [3.8, 4) is 11.9 Å². The molecule has 31 heavy (non-hydrogen) atoms. The van der Waals surface area contributed by atoms with Crippen molar-refractivity contribution in [1.29, 1.82) is 0 Å². The van der Waals surface area contributed by atoms with Gasteiger partial charge in [-0.25, -0.2) is 16.8 Å². The molecule has 0 fully saturated rings. The van der Waals surface area contributed by atoms with Crippen LogP contribution < -0.4 is 18.9 Å². The zero-order chi connectivity index (χ0) is 22.6. The molecule has 0 radical (unpaired) electrons. The number of rotatable bonds is 8. The van der Waals surface area contributed by atoms with Crippen molar-refractivity contribution in [3.05, 3.63) is 58.2 Å². The molecule has 0 saturated heterocycles. The van der Waals surface area contributed by atoms with Gasteiger partial charge in [-0.2, -0.15) is 9.97 Å². The number of benzene rings is 2. The highest BCUT2D eigenvalue weighted by atomic mass is 127. The Labute approximate surface area is 193 Å². The van der Waals surface area contributed by atoms with Crippen LogP contribution in [-0.2, 0) is 20.0 Å². The highest BCUT2D eigenvalue weighted by molar-refractivity contribution is 14.1. The summed E-state index contributed by atoms with van der Waals surface area (Å²) in [6, 6.07) is 12.8. The summed E-state index contributed by atoms with van der Waals surface area (Å²) in [4.78, 5) is 7.81. The molecule has 2 aromatic carbocycles. The number of aromatic nitrogens is 2. The van der Waals surface area contributed by atoms with E-state index in [0.717, 1.165) is 3.57 Å². The summed E-state index contributed by atoms with van der Waals surface area (Å²) in [7, 11) is -5.11. The highest BCUT2D eigenvalue weighted by Crippen LogP contribution is 2.23. The topological polar surface area (TPSA) is 137 Å². The van der Waals surface area contributed by atoms with E-state index >= 15 is 0 Å². The zero-order valence-corrected chi connectivity index (χ0v) is 20.0. The smallest absolute Gasteiger partial charge is 0.321 e. The van der Waals surface area contributed by atoms with Gasteiger partial charge in [0.15, 0.2) is 5.82 Å². The van der Waals surface area contributed by atoms with Crippen LogP contribution in [0, 0.1) is 3.57 Å². The van der Waals surface area contributed by atoms with Crippen molar-refractivity contribution in [2.24, 2.45) is 0 Å². The monoisotopic (exact) mass is 576 g/mol. The third-order valence-electron chi connectivity index (χ3n) is 3.85. The lowest BCUT2D eigenvalue weighted by Gasteiger charge is -2.11. The van der Waals surface area contributed by atoms with Gasteiger partial charge >= 0.3 is 6.01 Å². The first kappa shape index (κ1) is 23.0. The molecule has 3 rings (SSSR count). The summed E-state index contributed by atoms with van der Waals surface area (Å²) in [6.07, 6.45) is 0. The van der Waals surface area contributed by atoms with Crippen molar-refractivity contribution >= 4 is 54.1 Å². The van der Waals surface area contributed by atoms with Crippen LogP contribution in [0.3, 0.4) is 0 Å². The minimum Gasteiger partial charge on any atom is -0.481 e. The maximum absolute atomic E-state index is 12.7. The Morgan fingerprint density at radius 1 is 0.774 bits per heavy atom. The SMILES string of the molecule is COc1cc(NS(=O)(=O)c2ccc(NS(=O)(=O)c3ccc(I)cc3)cc2)nc(OC)n1. The van der Waals surface area contributed by atoms with Gasteiger partial charge in [-0.05, 0) is 71.1 Å². The van der Waals surface area contributed by atoms with E-state index in [0.29, 0.717) is 0 Å².